The summed E-state index contributed by atoms with van der Waals surface area (Å²) in [5.74, 6) is -0.531. The third-order valence-electron chi connectivity index (χ3n) is 8.33. The number of halogens is 1. The van der Waals surface area contributed by atoms with Crippen molar-refractivity contribution in [1.29, 1.82) is 0 Å². The lowest BCUT2D eigenvalue weighted by atomic mass is 9.98. The predicted molar refractivity (Wildman–Crippen MR) is 179 cm³/mol. The molecular formula is C38H43FO6Si. The zero-order valence-electron chi connectivity index (χ0n) is 26.9. The quantitative estimate of drug-likeness (QED) is 0.132. The topological polar surface area (TPSA) is 63.2 Å². The van der Waals surface area contributed by atoms with Gasteiger partial charge < -0.3 is 23.4 Å². The molecule has 0 N–H and O–H groups in total. The fourth-order valence-electron chi connectivity index (χ4n) is 6.20. The number of rotatable bonds is 12. The summed E-state index contributed by atoms with van der Waals surface area (Å²) in [5, 5.41) is 1.83. The third-order valence-corrected chi connectivity index (χ3v) is 13.3. The monoisotopic (exact) mass is 642 g/mol. The molecule has 5 rings (SSSR count). The Hall–Kier alpha value is -3.66. The summed E-state index contributed by atoms with van der Waals surface area (Å²) in [5.41, 5.74) is 1.77. The van der Waals surface area contributed by atoms with Crippen LogP contribution in [0.2, 0.25) is 5.04 Å². The molecule has 8 heteroatoms. The number of ether oxygens (including phenoxy) is 4. The Bertz CT molecular complexity index is 1460. The molecule has 0 unspecified atom stereocenters. The Morgan fingerprint density at radius 1 is 0.696 bits per heavy atom. The molecule has 0 saturated carbocycles. The van der Waals surface area contributed by atoms with E-state index < -0.39 is 45.1 Å². The van der Waals surface area contributed by atoms with Crippen LogP contribution < -0.4 is 10.4 Å². The van der Waals surface area contributed by atoms with E-state index >= 15 is 4.39 Å². The minimum absolute atomic E-state index is 0.0255. The van der Waals surface area contributed by atoms with Crippen LogP contribution in [0, 0.1) is 0 Å². The van der Waals surface area contributed by atoms with E-state index in [-0.39, 0.29) is 24.9 Å². The maximum Gasteiger partial charge on any atom is 0.303 e. The van der Waals surface area contributed by atoms with Crippen LogP contribution in [0.15, 0.2) is 121 Å². The van der Waals surface area contributed by atoms with Gasteiger partial charge in [0.2, 0.25) is 6.36 Å². The van der Waals surface area contributed by atoms with Crippen LogP contribution in [0.1, 0.15) is 38.8 Å². The fourth-order valence-corrected chi connectivity index (χ4v) is 10.8. The van der Waals surface area contributed by atoms with E-state index in [9.17, 15) is 4.79 Å². The van der Waals surface area contributed by atoms with E-state index in [2.05, 4.69) is 45.0 Å². The SMILES string of the molecule is CC(=O)O[C@H]1[C@H](OCc2ccccc2)[C@@H](OCc2ccccc2)[C@@H](F)O[C@@H]1CO[Si](c1ccccc1)(c1ccccc1)C(C)(C)C. The van der Waals surface area contributed by atoms with Crippen LogP contribution in [0.25, 0.3) is 0 Å². The van der Waals surface area contributed by atoms with Gasteiger partial charge in [0.1, 0.15) is 18.3 Å². The molecule has 4 aromatic carbocycles. The van der Waals surface area contributed by atoms with Gasteiger partial charge in [-0.25, -0.2) is 4.39 Å². The summed E-state index contributed by atoms with van der Waals surface area (Å²) in [6.45, 7) is 8.11. The van der Waals surface area contributed by atoms with Crippen LogP contribution >= 0.6 is 0 Å². The number of alkyl halides is 1. The van der Waals surface area contributed by atoms with Crippen molar-refractivity contribution >= 4 is 24.7 Å². The molecular weight excluding hydrogens is 599 g/mol. The number of esters is 1. The second kappa shape index (κ2) is 15.3. The van der Waals surface area contributed by atoms with Gasteiger partial charge in [-0.2, -0.15) is 0 Å². The third kappa shape index (κ3) is 7.82. The van der Waals surface area contributed by atoms with Crippen molar-refractivity contribution in [3.8, 4) is 0 Å². The van der Waals surface area contributed by atoms with Crippen molar-refractivity contribution in [2.45, 2.75) is 76.7 Å². The predicted octanol–water partition coefficient (Wildman–Crippen LogP) is 6.36. The molecule has 0 bridgehead atoms. The molecule has 1 fully saturated rings. The minimum Gasteiger partial charge on any atom is -0.457 e. The maximum absolute atomic E-state index is 16.2. The van der Waals surface area contributed by atoms with Gasteiger partial charge in [-0.3, -0.25) is 4.79 Å². The van der Waals surface area contributed by atoms with Crippen LogP contribution in [-0.2, 0) is 41.4 Å². The highest BCUT2D eigenvalue weighted by Gasteiger charge is 2.54. The first-order valence-corrected chi connectivity index (χ1v) is 17.6. The Labute approximate surface area is 272 Å². The molecule has 5 atom stereocenters. The summed E-state index contributed by atoms with van der Waals surface area (Å²) in [6, 6.07) is 39.5. The maximum atomic E-state index is 16.2. The van der Waals surface area contributed by atoms with Crippen molar-refractivity contribution in [2.75, 3.05) is 6.61 Å². The Morgan fingerprint density at radius 2 is 1.13 bits per heavy atom. The molecule has 46 heavy (non-hydrogen) atoms. The minimum atomic E-state index is -3.01. The van der Waals surface area contributed by atoms with Crippen LogP contribution in [0.3, 0.4) is 0 Å². The van der Waals surface area contributed by atoms with E-state index in [0.29, 0.717) is 0 Å². The van der Waals surface area contributed by atoms with E-state index in [1.807, 2.05) is 97.1 Å². The van der Waals surface area contributed by atoms with Gasteiger partial charge in [0, 0.05) is 6.92 Å². The van der Waals surface area contributed by atoms with Crippen molar-refractivity contribution in [3.05, 3.63) is 132 Å². The van der Waals surface area contributed by atoms with Crippen molar-refractivity contribution in [2.24, 2.45) is 0 Å². The molecule has 0 amide bonds. The molecule has 0 spiro atoms. The summed E-state index contributed by atoms with van der Waals surface area (Å²) >= 11 is 0. The molecule has 0 aliphatic carbocycles. The van der Waals surface area contributed by atoms with E-state index in [0.717, 1.165) is 21.5 Å². The van der Waals surface area contributed by atoms with Gasteiger partial charge in [-0.05, 0) is 26.5 Å². The number of benzene rings is 4. The standard InChI is InChI=1S/C38H43FO6Si/c1-28(40)44-34-33(27-43-46(38(2,3)4,31-21-13-7-14-22-31)32-23-15-8-16-24-32)45-37(39)36(42-26-30-19-11-6-12-20-30)35(34)41-25-29-17-9-5-10-18-29/h5-24,33-37H,25-27H2,1-4H3/t33-,34-,35+,36-,37+/m1/s1. The van der Waals surface area contributed by atoms with Crippen molar-refractivity contribution in [3.63, 3.8) is 0 Å². The normalized spacial score (nSPS) is 21.9. The van der Waals surface area contributed by atoms with E-state index in [1.54, 1.807) is 0 Å². The first-order valence-electron chi connectivity index (χ1n) is 15.7. The summed E-state index contributed by atoms with van der Waals surface area (Å²) < 4.78 is 47.7. The van der Waals surface area contributed by atoms with E-state index in [1.165, 1.54) is 6.92 Å². The molecule has 4 aromatic rings. The van der Waals surface area contributed by atoms with Gasteiger partial charge in [0.25, 0.3) is 8.32 Å². The molecule has 0 aromatic heterocycles. The lowest BCUT2D eigenvalue weighted by Gasteiger charge is -2.46. The molecule has 6 nitrogen and oxygen atoms in total. The molecule has 1 aliphatic heterocycles. The second-order valence-electron chi connectivity index (χ2n) is 12.6. The summed E-state index contributed by atoms with van der Waals surface area (Å²) in [7, 11) is -3.01. The van der Waals surface area contributed by atoms with Crippen LogP contribution in [0.5, 0.6) is 0 Å². The largest absolute Gasteiger partial charge is 0.457 e. The van der Waals surface area contributed by atoms with Gasteiger partial charge in [0.15, 0.2) is 6.10 Å². The molecule has 242 valence electrons. The molecule has 1 heterocycles. The van der Waals surface area contributed by atoms with E-state index in [4.69, 9.17) is 23.4 Å². The van der Waals surface area contributed by atoms with Gasteiger partial charge in [0.05, 0.1) is 19.8 Å². The lowest BCUT2D eigenvalue weighted by molar-refractivity contribution is -0.289. The number of carbonyl (C=O) groups excluding carboxylic acids is 1. The molecule has 0 radical (unpaired) electrons. The first-order chi connectivity index (χ1) is 22.2. The van der Waals surface area contributed by atoms with Crippen LogP contribution in [-0.4, -0.2) is 51.7 Å². The average molecular weight is 643 g/mol. The Kier molecular flexibility index (Phi) is 11.2. The first kappa shape index (κ1) is 33.7. The number of hydrogen-bond acceptors (Lipinski definition) is 6. The lowest BCUT2D eigenvalue weighted by Crippen LogP contribution is -2.68. The Balaban J connectivity index is 1.49. The zero-order valence-corrected chi connectivity index (χ0v) is 27.9. The van der Waals surface area contributed by atoms with Crippen molar-refractivity contribution < 1.29 is 32.6 Å². The highest BCUT2D eigenvalue weighted by Crippen LogP contribution is 2.38. The highest BCUT2D eigenvalue weighted by molar-refractivity contribution is 6.99. The Morgan fingerprint density at radius 3 is 1.57 bits per heavy atom. The smallest absolute Gasteiger partial charge is 0.303 e. The van der Waals surface area contributed by atoms with Crippen molar-refractivity contribution in [1.82, 2.24) is 0 Å². The summed E-state index contributed by atoms with van der Waals surface area (Å²) in [4.78, 5) is 12.5. The number of hydrogen-bond donors (Lipinski definition) is 0. The highest BCUT2D eigenvalue weighted by atomic mass is 28.4. The van der Waals surface area contributed by atoms with Gasteiger partial charge >= 0.3 is 5.97 Å². The second-order valence-corrected chi connectivity index (χ2v) is 16.9. The van der Waals surface area contributed by atoms with Gasteiger partial charge in [-0.1, -0.05) is 142 Å². The molecule has 1 aliphatic rings. The van der Waals surface area contributed by atoms with Crippen LogP contribution in [0.4, 0.5) is 4.39 Å². The number of carbonyl (C=O) groups is 1. The zero-order chi connectivity index (χ0) is 32.6. The average Bonchev–Trinajstić information content (AvgIpc) is 3.06. The van der Waals surface area contributed by atoms with Gasteiger partial charge in [-0.15, -0.1) is 0 Å². The summed E-state index contributed by atoms with van der Waals surface area (Å²) in [6.07, 6.45) is -5.93. The fraction of sp³-hybridized carbons (Fsp3) is 0.342. The molecule has 1 saturated heterocycles.